The molecule has 13 nitrogen and oxygen atoms in total. The zero-order valence-electron chi connectivity index (χ0n) is 34.7. The number of benzene rings is 3. The number of anilines is 1. The van der Waals surface area contributed by atoms with Crippen LogP contribution in [0.25, 0.3) is 11.2 Å². The molecule has 3 aromatic carbocycles. The largest absolute Gasteiger partial charge is 0.358 e. The molecule has 1 aliphatic rings. The maximum Gasteiger partial charge on any atom is 0.280 e. The van der Waals surface area contributed by atoms with Crippen LogP contribution in [0.1, 0.15) is 82.0 Å². The number of aryl methyl sites for hydroxylation is 2. The Morgan fingerprint density at radius 2 is 1.57 bits per heavy atom. The van der Waals surface area contributed by atoms with Crippen LogP contribution < -0.4 is 10.9 Å². The number of imidazole rings is 1. The SMILES string of the molecule is Cc1ccc(C(OC[C@@H]2CN(P(OCCC#N)N(C(C)C)C(C)C)C[C@H](n3cnc4c(=O)[nH]c(NC(=O)C(C)C)nc43)O2)(c2ccccc2)c2ccc(C)cc2)cc1. The number of hydrogen-bond donors (Lipinski definition) is 2. The summed E-state index contributed by atoms with van der Waals surface area (Å²) in [6, 6.07) is 29.6. The number of fused-ring (bicyclic) bond motifs is 1. The fourth-order valence-corrected chi connectivity index (χ4v) is 9.55. The quantitative estimate of drug-likeness (QED) is 0.0574. The van der Waals surface area contributed by atoms with Gasteiger partial charge in [0.05, 0.1) is 44.7 Å². The lowest BCUT2D eigenvalue weighted by Gasteiger charge is -2.47. The first-order chi connectivity index (χ1) is 27.8. The van der Waals surface area contributed by atoms with Crippen molar-refractivity contribution in [2.45, 2.75) is 91.8 Å². The number of aromatic amines is 1. The van der Waals surface area contributed by atoms with Crippen molar-refractivity contribution < 1.29 is 18.8 Å². The van der Waals surface area contributed by atoms with Gasteiger partial charge < -0.3 is 14.0 Å². The normalized spacial score (nSPS) is 17.0. The summed E-state index contributed by atoms with van der Waals surface area (Å²) in [4.78, 5) is 37.7. The van der Waals surface area contributed by atoms with Gasteiger partial charge in [0.25, 0.3) is 5.56 Å². The zero-order chi connectivity index (χ0) is 41.6. The first-order valence-corrected chi connectivity index (χ1v) is 21.1. The number of carbonyl (C=O) groups excluding carboxylic acids is 1. The molecule has 3 atom stereocenters. The van der Waals surface area contributed by atoms with Gasteiger partial charge in [-0.3, -0.25) is 24.5 Å². The molecule has 0 bridgehead atoms. The molecule has 0 aliphatic carbocycles. The highest BCUT2D eigenvalue weighted by atomic mass is 31.2. The molecule has 5 aromatic rings. The number of morpholine rings is 1. The van der Waals surface area contributed by atoms with Gasteiger partial charge in [-0.2, -0.15) is 10.2 Å². The Morgan fingerprint density at radius 1 is 0.966 bits per heavy atom. The van der Waals surface area contributed by atoms with Crippen LogP contribution in [0.5, 0.6) is 0 Å². The zero-order valence-corrected chi connectivity index (χ0v) is 35.6. The minimum atomic E-state index is -1.41. The van der Waals surface area contributed by atoms with Crippen LogP contribution >= 0.6 is 8.45 Å². The van der Waals surface area contributed by atoms with Gasteiger partial charge >= 0.3 is 0 Å². The number of amides is 1. The number of nitriles is 1. The fraction of sp³-hybridized carbons (Fsp3) is 0.432. The summed E-state index contributed by atoms with van der Waals surface area (Å²) in [5.41, 5.74) is 4.12. The number of hydrogen-bond acceptors (Lipinski definition) is 10. The number of ether oxygens (including phenoxy) is 2. The summed E-state index contributed by atoms with van der Waals surface area (Å²) < 4.78 is 27.4. The van der Waals surface area contributed by atoms with Gasteiger partial charge in [-0.15, -0.1) is 0 Å². The number of rotatable bonds is 16. The average molecular weight is 807 g/mol. The van der Waals surface area contributed by atoms with Crippen LogP contribution in [0.2, 0.25) is 0 Å². The van der Waals surface area contributed by atoms with Crippen molar-refractivity contribution in [1.82, 2.24) is 28.9 Å². The molecule has 1 aliphatic heterocycles. The number of H-pyrrole nitrogens is 1. The van der Waals surface area contributed by atoms with E-state index >= 15 is 0 Å². The van der Waals surface area contributed by atoms with Crippen LogP contribution in [0, 0.1) is 31.1 Å². The van der Waals surface area contributed by atoms with Crippen molar-refractivity contribution in [3.05, 3.63) is 123 Å². The Morgan fingerprint density at radius 3 is 2.14 bits per heavy atom. The molecule has 1 unspecified atom stereocenters. The van der Waals surface area contributed by atoms with Crippen LogP contribution in [0.4, 0.5) is 5.95 Å². The second-order valence-electron chi connectivity index (χ2n) is 15.6. The Bertz CT molecular complexity index is 2180. The van der Waals surface area contributed by atoms with Crippen LogP contribution in [-0.2, 0) is 24.4 Å². The molecule has 3 heterocycles. The molecule has 0 spiro atoms. The molecule has 1 saturated heterocycles. The average Bonchev–Trinajstić information content (AvgIpc) is 3.63. The smallest absolute Gasteiger partial charge is 0.280 e. The first-order valence-electron chi connectivity index (χ1n) is 19.9. The molecule has 0 saturated carbocycles. The Labute approximate surface area is 342 Å². The van der Waals surface area contributed by atoms with E-state index in [-0.39, 0.29) is 60.7 Å². The first kappa shape index (κ1) is 42.8. The predicted molar refractivity (Wildman–Crippen MR) is 227 cm³/mol. The van der Waals surface area contributed by atoms with Gasteiger partial charge in [-0.25, -0.2) is 14.3 Å². The highest BCUT2D eigenvalue weighted by Crippen LogP contribution is 2.51. The summed E-state index contributed by atoms with van der Waals surface area (Å²) in [6.45, 7) is 17.5. The maximum atomic E-state index is 13.3. The van der Waals surface area contributed by atoms with E-state index in [2.05, 4.69) is 138 Å². The van der Waals surface area contributed by atoms with Crippen molar-refractivity contribution in [2.24, 2.45) is 5.92 Å². The van der Waals surface area contributed by atoms with Gasteiger partial charge in [0.1, 0.15) is 11.8 Å². The Balaban J connectivity index is 1.46. The summed E-state index contributed by atoms with van der Waals surface area (Å²) in [5, 5.41) is 12.2. The van der Waals surface area contributed by atoms with Crippen LogP contribution in [0.15, 0.2) is 90.0 Å². The van der Waals surface area contributed by atoms with Gasteiger partial charge in [0, 0.05) is 24.5 Å². The lowest BCUT2D eigenvalue weighted by Crippen LogP contribution is -2.49. The van der Waals surface area contributed by atoms with Crippen molar-refractivity contribution >= 4 is 31.5 Å². The van der Waals surface area contributed by atoms with Crippen LogP contribution in [0.3, 0.4) is 0 Å². The standard InChI is InChI=1S/C44H55N8O5P/c1-29(2)41(53)48-43-47-40-39(42(54)49-43)46-28-51(40)38-26-50(58(56-24-12-23-45)52(30(3)4)31(5)6)25-37(57-38)27-55-44(34-13-10-9-11-14-34,35-19-15-32(7)16-20-35)36-21-17-33(8)18-22-36/h9-11,13-22,28-31,37-38H,12,24-27H2,1-8H3,(H2,47,48,49,53,54)/t37-,38+,58?/m0/s1. The summed E-state index contributed by atoms with van der Waals surface area (Å²) >= 11 is 0. The number of nitrogens with zero attached hydrogens (tertiary/aromatic N) is 6. The molecule has 58 heavy (non-hydrogen) atoms. The summed E-state index contributed by atoms with van der Waals surface area (Å²) in [6.07, 6.45) is 0.606. The maximum absolute atomic E-state index is 13.3. The number of nitrogens with one attached hydrogen (secondary N) is 2. The summed E-state index contributed by atoms with van der Waals surface area (Å²) in [5.74, 6) is -0.574. The molecule has 6 rings (SSSR count). The molecular formula is C44H55N8O5P. The molecule has 2 N–H and O–H groups in total. The van der Waals surface area contributed by atoms with Crippen LogP contribution in [-0.4, -0.2) is 79.3 Å². The van der Waals surface area contributed by atoms with E-state index in [0.29, 0.717) is 13.1 Å². The van der Waals surface area contributed by atoms with Gasteiger partial charge in [0.2, 0.25) is 11.9 Å². The van der Waals surface area contributed by atoms with E-state index in [0.717, 1.165) is 27.8 Å². The predicted octanol–water partition coefficient (Wildman–Crippen LogP) is 7.82. The van der Waals surface area contributed by atoms with Crippen molar-refractivity contribution in [3.8, 4) is 6.07 Å². The fourth-order valence-electron chi connectivity index (χ4n) is 7.32. The van der Waals surface area contributed by atoms with Gasteiger partial charge in [-0.05, 0) is 58.2 Å². The molecular weight excluding hydrogens is 752 g/mol. The minimum absolute atomic E-state index is 0.0298. The molecule has 0 radical (unpaired) electrons. The van der Waals surface area contributed by atoms with E-state index in [1.54, 1.807) is 24.7 Å². The second kappa shape index (κ2) is 18.9. The molecule has 1 amide bonds. The Kier molecular flexibility index (Phi) is 13.9. The second-order valence-corrected chi connectivity index (χ2v) is 17.4. The van der Waals surface area contributed by atoms with E-state index in [4.69, 9.17) is 14.0 Å². The third-order valence-electron chi connectivity index (χ3n) is 10.1. The monoisotopic (exact) mass is 806 g/mol. The van der Waals surface area contributed by atoms with Crippen molar-refractivity contribution in [1.29, 1.82) is 5.26 Å². The molecule has 2 aromatic heterocycles. The van der Waals surface area contributed by atoms with E-state index < -0.39 is 31.9 Å². The number of aromatic nitrogens is 4. The van der Waals surface area contributed by atoms with E-state index in [1.807, 2.05) is 18.2 Å². The minimum Gasteiger partial charge on any atom is -0.358 e. The van der Waals surface area contributed by atoms with E-state index in [1.165, 1.54) is 0 Å². The molecule has 306 valence electrons. The lowest BCUT2D eigenvalue weighted by molar-refractivity contribution is -0.143. The molecule has 1 fully saturated rings. The summed E-state index contributed by atoms with van der Waals surface area (Å²) in [7, 11) is -1.41. The van der Waals surface area contributed by atoms with Gasteiger partial charge in [-0.1, -0.05) is 104 Å². The lowest BCUT2D eigenvalue weighted by atomic mass is 9.79. The number of carbonyl (C=O) groups is 1. The van der Waals surface area contributed by atoms with Crippen molar-refractivity contribution in [2.75, 3.05) is 31.6 Å². The van der Waals surface area contributed by atoms with Crippen molar-refractivity contribution in [3.63, 3.8) is 0 Å². The molecule has 14 heteroatoms. The van der Waals surface area contributed by atoms with E-state index in [9.17, 15) is 14.9 Å². The topological polar surface area (TPSA) is 151 Å². The highest BCUT2D eigenvalue weighted by Gasteiger charge is 2.42. The highest BCUT2D eigenvalue weighted by molar-refractivity contribution is 7.47. The third kappa shape index (κ3) is 9.39. The Hall–Kier alpha value is -4.80. The van der Waals surface area contributed by atoms with Gasteiger partial charge in [0.15, 0.2) is 19.6 Å². The third-order valence-corrected chi connectivity index (χ3v) is 12.7.